The van der Waals surface area contributed by atoms with E-state index in [4.69, 9.17) is 4.74 Å². The Hall–Kier alpha value is -0.410. The van der Waals surface area contributed by atoms with Gasteiger partial charge in [0.05, 0.1) is 6.10 Å². The first-order valence-electron chi connectivity index (χ1n) is 9.41. The van der Waals surface area contributed by atoms with E-state index in [0.29, 0.717) is 34.9 Å². The predicted octanol–water partition coefficient (Wildman–Crippen LogP) is 3.13. The summed E-state index contributed by atoms with van der Waals surface area (Å²) >= 11 is 0. The summed E-state index contributed by atoms with van der Waals surface area (Å²) in [5, 5.41) is 3.58. The molecule has 5 rings (SSSR count). The molecule has 2 heterocycles. The molecule has 1 N–H and O–H groups in total. The van der Waals surface area contributed by atoms with Crippen LogP contribution < -0.4 is 5.32 Å². The first kappa shape index (κ1) is 14.0. The smallest absolute Gasteiger partial charge is 0.133 e. The number of hydrogen-bond donors (Lipinski definition) is 1. The maximum Gasteiger partial charge on any atom is 0.133 e. The molecule has 0 aromatic rings. The lowest BCUT2D eigenvalue weighted by molar-refractivity contribution is -0.190. The van der Waals surface area contributed by atoms with E-state index in [1.807, 2.05) is 0 Å². The van der Waals surface area contributed by atoms with Crippen LogP contribution in [-0.4, -0.2) is 24.7 Å². The quantitative estimate of drug-likeness (QED) is 0.747. The third-order valence-electron chi connectivity index (χ3n) is 8.58. The van der Waals surface area contributed by atoms with E-state index in [9.17, 15) is 4.79 Å². The van der Waals surface area contributed by atoms with Crippen molar-refractivity contribution in [1.82, 2.24) is 5.32 Å². The van der Waals surface area contributed by atoms with Crippen LogP contribution >= 0.6 is 0 Å². The summed E-state index contributed by atoms with van der Waals surface area (Å²) in [7, 11) is 0. The van der Waals surface area contributed by atoms with Gasteiger partial charge in [0.15, 0.2) is 0 Å². The molecule has 3 nitrogen and oxygen atoms in total. The van der Waals surface area contributed by atoms with Gasteiger partial charge in [0.2, 0.25) is 0 Å². The molecule has 22 heavy (non-hydrogen) atoms. The maximum atomic E-state index is 12.1. The second-order valence-electron chi connectivity index (χ2n) is 9.39. The Kier molecular flexibility index (Phi) is 2.77. The SMILES string of the molecule is C[C@]12CC[C@H]3[C@@H](CCC4C[C@H]5NC[C@H](O5)[C@@]43C)[C@@H]1CC(=O)C2. The number of carbonyl (C=O) groups excluding carboxylic acids is 1. The Morgan fingerprint density at radius 2 is 2.05 bits per heavy atom. The number of ether oxygens (including phenoxy) is 1. The molecule has 3 aliphatic carbocycles. The number of hydrogen-bond acceptors (Lipinski definition) is 3. The van der Waals surface area contributed by atoms with Crippen molar-refractivity contribution in [3.05, 3.63) is 0 Å². The van der Waals surface area contributed by atoms with E-state index in [1.165, 1.54) is 32.1 Å². The largest absolute Gasteiger partial charge is 0.358 e. The van der Waals surface area contributed by atoms with Gasteiger partial charge in [-0.2, -0.15) is 0 Å². The molecule has 1 unspecified atom stereocenters. The average molecular weight is 303 g/mol. The van der Waals surface area contributed by atoms with Crippen molar-refractivity contribution >= 4 is 5.78 Å². The lowest BCUT2D eigenvalue weighted by Gasteiger charge is -2.61. The number of carbonyl (C=O) groups is 1. The number of Topliss-reactive ketones (excluding diaryl/α,β-unsaturated/α-hetero) is 1. The zero-order valence-corrected chi connectivity index (χ0v) is 13.9. The monoisotopic (exact) mass is 303 g/mol. The molecule has 2 bridgehead atoms. The highest BCUT2D eigenvalue weighted by atomic mass is 16.5. The Labute approximate surface area is 133 Å². The number of nitrogens with one attached hydrogen (secondary N) is 1. The second-order valence-corrected chi connectivity index (χ2v) is 9.39. The molecule has 2 saturated heterocycles. The van der Waals surface area contributed by atoms with Crippen LogP contribution in [0.15, 0.2) is 0 Å². The standard InChI is InChI=1S/C19H29NO2/c1-18-6-5-14-13(15(18)8-12(21)9-18)4-3-11-7-17-20-10-16(22-17)19(11,14)2/h11,13-17,20H,3-10H2,1-2H3/t11?,13-,14+,15+,16+,17+,18-,19+/m1/s1. The Morgan fingerprint density at radius 1 is 1.18 bits per heavy atom. The lowest BCUT2D eigenvalue weighted by Crippen LogP contribution is -2.58. The summed E-state index contributed by atoms with van der Waals surface area (Å²) < 4.78 is 6.30. The normalized spacial score (nSPS) is 59.8. The van der Waals surface area contributed by atoms with Gasteiger partial charge in [0.1, 0.15) is 12.0 Å². The van der Waals surface area contributed by atoms with Crippen molar-refractivity contribution < 1.29 is 9.53 Å². The average Bonchev–Trinajstić information content (AvgIpc) is 3.02. The Bertz CT molecular complexity index is 520. The van der Waals surface area contributed by atoms with Crippen molar-refractivity contribution in [3.63, 3.8) is 0 Å². The Morgan fingerprint density at radius 3 is 2.91 bits per heavy atom. The summed E-state index contributed by atoms with van der Waals surface area (Å²) in [5.74, 6) is 3.56. The summed E-state index contributed by atoms with van der Waals surface area (Å²) in [4.78, 5) is 12.1. The minimum Gasteiger partial charge on any atom is -0.358 e. The third kappa shape index (κ3) is 1.62. The highest BCUT2D eigenvalue weighted by Gasteiger charge is 2.63. The van der Waals surface area contributed by atoms with Gasteiger partial charge < -0.3 is 4.74 Å². The van der Waals surface area contributed by atoms with Crippen LogP contribution in [0.25, 0.3) is 0 Å². The molecular weight excluding hydrogens is 274 g/mol. The maximum absolute atomic E-state index is 12.1. The molecular formula is C19H29NO2. The van der Waals surface area contributed by atoms with E-state index in [2.05, 4.69) is 19.2 Å². The molecule has 8 atom stereocenters. The second kappa shape index (κ2) is 4.36. The van der Waals surface area contributed by atoms with E-state index in [0.717, 1.165) is 37.1 Å². The summed E-state index contributed by atoms with van der Waals surface area (Å²) in [6.45, 7) is 5.97. The molecule has 0 spiro atoms. The highest BCUT2D eigenvalue weighted by molar-refractivity contribution is 5.82. The van der Waals surface area contributed by atoms with E-state index in [-0.39, 0.29) is 0 Å². The molecule has 5 fully saturated rings. The fourth-order valence-corrected chi connectivity index (χ4v) is 7.42. The van der Waals surface area contributed by atoms with Crippen molar-refractivity contribution in [2.45, 2.75) is 71.1 Å². The van der Waals surface area contributed by atoms with Gasteiger partial charge in [-0.3, -0.25) is 10.1 Å². The van der Waals surface area contributed by atoms with Crippen LogP contribution in [0.3, 0.4) is 0 Å². The first-order chi connectivity index (χ1) is 10.5. The lowest BCUT2D eigenvalue weighted by atomic mass is 9.46. The summed E-state index contributed by atoms with van der Waals surface area (Å²) in [6.07, 6.45) is 8.95. The predicted molar refractivity (Wildman–Crippen MR) is 84.2 cm³/mol. The minimum atomic E-state index is 0.313. The molecule has 3 heteroatoms. The number of rotatable bonds is 0. The van der Waals surface area contributed by atoms with Crippen LogP contribution in [0.2, 0.25) is 0 Å². The van der Waals surface area contributed by atoms with Crippen molar-refractivity contribution in [3.8, 4) is 0 Å². The molecule has 0 amide bonds. The van der Waals surface area contributed by atoms with Crippen LogP contribution in [0, 0.1) is 34.5 Å². The number of ketones is 1. The summed E-state index contributed by atoms with van der Waals surface area (Å²) in [6, 6.07) is 0. The van der Waals surface area contributed by atoms with Crippen LogP contribution in [0.1, 0.15) is 58.8 Å². The van der Waals surface area contributed by atoms with Crippen LogP contribution in [-0.2, 0) is 9.53 Å². The van der Waals surface area contributed by atoms with E-state index < -0.39 is 0 Å². The van der Waals surface area contributed by atoms with E-state index >= 15 is 0 Å². The molecule has 0 radical (unpaired) electrons. The van der Waals surface area contributed by atoms with Gasteiger partial charge in [-0.1, -0.05) is 13.8 Å². The zero-order chi connectivity index (χ0) is 15.1. The zero-order valence-electron chi connectivity index (χ0n) is 13.9. The van der Waals surface area contributed by atoms with Gasteiger partial charge >= 0.3 is 0 Å². The fraction of sp³-hybridized carbons (Fsp3) is 0.947. The van der Waals surface area contributed by atoms with Gasteiger partial charge in [-0.05, 0) is 61.2 Å². The van der Waals surface area contributed by atoms with E-state index in [1.54, 1.807) is 0 Å². The van der Waals surface area contributed by atoms with Gasteiger partial charge in [-0.25, -0.2) is 0 Å². The molecule has 0 aromatic heterocycles. The summed E-state index contributed by atoms with van der Waals surface area (Å²) in [5.41, 5.74) is 0.656. The molecule has 0 aromatic carbocycles. The molecule has 122 valence electrons. The first-order valence-corrected chi connectivity index (χ1v) is 9.41. The van der Waals surface area contributed by atoms with Crippen molar-refractivity contribution in [2.24, 2.45) is 34.5 Å². The number of fused-ring (bicyclic) bond motifs is 8. The third-order valence-corrected chi connectivity index (χ3v) is 8.58. The van der Waals surface area contributed by atoms with Crippen molar-refractivity contribution in [1.29, 1.82) is 0 Å². The van der Waals surface area contributed by atoms with Gasteiger partial charge in [-0.15, -0.1) is 0 Å². The topological polar surface area (TPSA) is 38.3 Å². The van der Waals surface area contributed by atoms with Gasteiger partial charge in [0, 0.05) is 24.8 Å². The van der Waals surface area contributed by atoms with Gasteiger partial charge in [0.25, 0.3) is 0 Å². The van der Waals surface area contributed by atoms with Crippen molar-refractivity contribution in [2.75, 3.05) is 6.54 Å². The highest BCUT2D eigenvalue weighted by Crippen LogP contribution is 2.66. The molecule has 5 aliphatic rings. The fourth-order valence-electron chi connectivity index (χ4n) is 7.42. The molecule has 2 aliphatic heterocycles. The van der Waals surface area contributed by atoms with Crippen LogP contribution in [0.4, 0.5) is 0 Å². The molecule has 3 saturated carbocycles. The van der Waals surface area contributed by atoms with Crippen LogP contribution in [0.5, 0.6) is 0 Å². The minimum absolute atomic E-state index is 0.313. The Balaban J connectivity index is 1.51.